The second kappa shape index (κ2) is 8.98. The topological polar surface area (TPSA) is 75.3 Å². The summed E-state index contributed by atoms with van der Waals surface area (Å²) < 4.78 is 6.28. The Morgan fingerprint density at radius 2 is 2.08 bits per heavy atom. The first-order chi connectivity index (χ1) is 11.6. The predicted octanol–water partition coefficient (Wildman–Crippen LogP) is 3.55. The van der Waals surface area contributed by atoms with Gasteiger partial charge in [-0.15, -0.1) is 24.0 Å². The van der Waals surface area contributed by atoms with Crippen molar-refractivity contribution >= 4 is 45.9 Å². The predicted molar refractivity (Wildman–Crippen MR) is 112 cm³/mol. The van der Waals surface area contributed by atoms with Crippen molar-refractivity contribution in [3.63, 3.8) is 0 Å². The van der Waals surface area contributed by atoms with E-state index in [-0.39, 0.29) is 29.4 Å². The minimum Gasteiger partial charge on any atom is -0.357 e. The van der Waals surface area contributed by atoms with E-state index in [4.69, 9.17) is 4.52 Å². The van der Waals surface area contributed by atoms with E-state index in [0.29, 0.717) is 18.3 Å². The van der Waals surface area contributed by atoms with E-state index in [1.165, 1.54) is 22.9 Å². The van der Waals surface area contributed by atoms with Crippen molar-refractivity contribution in [1.82, 2.24) is 20.8 Å². The number of rotatable bonds is 6. The summed E-state index contributed by atoms with van der Waals surface area (Å²) in [6.07, 6.45) is 2.37. The molecular formula is C17H23BrIN5O. The standard InChI is InChI=1S/C17H22BrN5O.HI/c1-3-19-16(20-10-15-22-12(2)23-24-15)21-11-17(8-9-17)13-6-4-5-7-14(13)18;/h4-7H,3,8-11H2,1-2H3,(H2,19,20,21);1H. The Kier molecular flexibility index (Phi) is 7.24. The Hall–Kier alpha value is -1.16. The first-order valence-electron chi connectivity index (χ1n) is 8.19. The van der Waals surface area contributed by atoms with Crippen LogP contribution in [0.1, 0.15) is 37.0 Å². The summed E-state index contributed by atoms with van der Waals surface area (Å²) in [5.74, 6) is 1.92. The molecule has 1 aliphatic carbocycles. The lowest BCUT2D eigenvalue weighted by molar-refractivity contribution is 0.376. The van der Waals surface area contributed by atoms with Gasteiger partial charge in [0.25, 0.3) is 0 Å². The third-order valence-corrected chi connectivity index (χ3v) is 4.87. The van der Waals surface area contributed by atoms with Crippen LogP contribution in [0.4, 0.5) is 0 Å². The highest BCUT2D eigenvalue weighted by Gasteiger charge is 2.45. The van der Waals surface area contributed by atoms with Gasteiger partial charge in [-0.25, -0.2) is 4.99 Å². The lowest BCUT2D eigenvalue weighted by Gasteiger charge is -2.20. The highest BCUT2D eigenvalue weighted by Crippen LogP contribution is 2.49. The summed E-state index contributed by atoms with van der Waals surface area (Å²) in [5.41, 5.74) is 1.55. The summed E-state index contributed by atoms with van der Waals surface area (Å²) in [6.45, 7) is 5.88. The van der Waals surface area contributed by atoms with Gasteiger partial charge in [0.2, 0.25) is 5.89 Å². The molecule has 0 atom stereocenters. The van der Waals surface area contributed by atoms with Gasteiger partial charge in [-0.05, 0) is 38.3 Å². The van der Waals surface area contributed by atoms with Crippen molar-refractivity contribution in [2.75, 3.05) is 13.1 Å². The lowest BCUT2D eigenvalue weighted by atomic mass is 9.96. The fourth-order valence-corrected chi connectivity index (χ4v) is 3.43. The second-order valence-electron chi connectivity index (χ2n) is 6.04. The molecule has 8 heteroatoms. The molecule has 1 aromatic carbocycles. The molecule has 6 nitrogen and oxygen atoms in total. The van der Waals surface area contributed by atoms with Gasteiger partial charge in [0.15, 0.2) is 11.8 Å². The monoisotopic (exact) mass is 519 g/mol. The Bertz CT molecular complexity index is 729. The van der Waals surface area contributed by atoms with Gasteiger partial charge < -0.3 is 15.2 Å². The molecule has 0 bridgehead atoms. The zero-order valence-corrected chi connectivity index (χ0v) is 18.3. The smallest absolute Gasteiger partial charge is 0.248 e. The third-order valence-electron chi connectivity index (χ3n) is 4.18. The fourth-order valence-electron chi connectivity index (χ4n) is 2.73. The van der Waals surface area contributed by atoms with Gasteiger partial charge in [-0.1, -0.05) is 39.3 Å². The number of nitrogens with one attached hydrogen (secondary N) is 2. The van der Waals surface area contributed by atoms with Crippen LogP contribution < -0.4 is 10.6 Å². The number of aromatic nitrogens is 2. The van der Waals surface area contributed by atoms with Gasteiger partial charge in [-0.2, -0.15) is 4.98 Å². The fraction of sp³-hybridized carbons (Fsp3) is 0.471. The van der Waals surface area contributed by atoms with Crippen LogP contribution in [-0.4, -0.2) is 29.2 Å². The normalized spacial score (nSPS) is 15.4. The summed E-state index contributed by atoms with van der Waals surface area (Å²) in [6, 6.07) is 8.45. The van der Waals surface area contributed by atoms with Gasteiger partial charge in [0.1, 0.15) is 6.54 Å². The van der Waals surface area contributed by atoms with Gasteiger partial charge >= 0.3 is 0 Å². The number of hydrogen-bond acceptors (Lipinski definition) is 4. The second-order valence-corrected chi connectivity index (χ2v) is 6.90. The van der Waals surface area contributed by atoms with Crippen molar-refractivity contribution < 1.29 is 4.52 Å². The lowest BCUT2D eigenvalue weighted by Crippen LogP contribution is -2.41. The highest BCUT2D eigenvalue weighted by molar-refractivity contribution is 14.0. The summed E-state index contributed by atoms with van der Waals surface area (Å²) in [7, 11) is 0. The molecule has 0 radical (unpaired) electrons. The maximum absolute atomic E-state index is 5.11. The van der Waals surface area contributed by atoms with E-state index >= 15 is 0 Å². The van der Waals surface area contributed by atoms with Crippen LogP contribution in [0, 0.1) is 6.92 Å². The molecule has 0 unspecified atom stereocenters. The molecule has 0 amide bonds. The molecule has 0 saturated heterocycles. The summed E-state index contributed by atoms with van der Waals surface area (Å²) in [5, 5.41) is 10.5. The van der Waals surface area contributed by atoms with Crippen LogP contribution in [-0.2, 0) is 12.0 Å². The molecule has 1 aromatic heterocycles. The molecule has 136 valence electrons. The Labute approximate surface area is 173 Å². The molecule has 1 saturated carbocycles. The molecule has 25 heavy (non-hydrogen) atoms. The molecule has 3 rings (SSSR count). The maximum atomic E-state index is 5.11. The van der Waals surface area contributed by atoms with Crippen LogP contribution >= 0.6 is 39.9 Å². The van der Waals surface area contributed by atoms with Gasteiger partial charge in [-0.3, -0.25) is 0 Å². The number of benzene rings is 1. The van der Waals surface area contributed by atoms with Crippen molar-refractivity contribution in [2.24, 2.45) is 4.99 Å². The number of nitrogens with zero attached hydrogens (tertiary/aromatic N) is 3. The van der Waals surface area contributed by atoms with Crippen LogP contribution in [0.15, 0.2) is 38.3 Å². The molecule has 1 heterocycles. The molecule has 2 aromatic rings. The van der Waals surface area contributed by atoms with E-state index in [2.05, 4.69) is 72.9 Å². The number of aryl methyl sites for hydroxylation is 1. The first-order valence-corrected chi connectivity index (χ1v) is 8.99. The molecular weight excluding hydrogens is 497 g/mol. The SMILES string of the molecule is CCNC(=NCc1nc(C)no1)NCC1(c2ccccc2Br)CC1.I. The van der Waals surface area contributed by atoms with Crippen LogP contribution in [0.3, 0.4) is 0 Å². The zero-order chi connectivity index (χ0) is 17.0. The Morgan fingerprint density at radius 1 is 1.32 bits per heavy atom. The Morgan fingerprint density at radius 3 is 2.68 bits per heavy atom. The number of guanidine groups is 1. The van der Waals surface area contributed by atoms with Crippen LogP contribution in [0.5, 0.6) is 0 Å². The first kappa shape index (κ1) is 20.2. The van der Waals surface area contributed by atoms with E-state index in [1.807, 2.05) is 0 Å². The van der Waals surface area contributed by atoms with Crippen molar-refractivity contribution in [3.05, 3.63) is 46.0 Å². The average Bonchev–Trinajstić information content (AvgIpc) is 3.25. The maximum Gasteiger partial charge on any atom is 0.248 e. The summed E-state index contributed by atoms with van der Waals surface area (Å²) in [4.78, 5) is 8.71. The van der Waals surface area contributed by atoms with Crippen molar-refractivity contribution in [1.29, 1.82) is 0 Å². The quantitative estimate of drug-likeness (QED) is 0.347. The Balaban J connectivity index is 0.00000225. The highest BCUT2D eigenvalue weighted by atomic mass is 127. The number of hydrogen-bond donors (Lipinski definition) is 2. The molecule has 2 N–H and O–H groups in total. The van der Waals surface area contributed by atoms with E-state index in [1.54, 1.807) is 6.92 Å². The van der Waals surface area contributed by atoms with Crippen LogP contribution in [0.2, 0.25) is 0 Å². The van der Waals surface area contributed by atoms with Gasteiger partial charge in [0, 0.05) is 23.0 Å². The molecule has 1 fully saturated rings. The zero-order valence-electron chi connectivity index (χ0n) is 14.4. The largest absolute Gasteiger partial charge is 0.357 e. The van der Waals surface area contributed by atoms with Crippen molar-refractivity contribution in [3.8, 4) is 0 Å². The minimum absolute atomic E-state index is 0. The molecule has 0 aliphatic heterocycles. The minimum atomic E-state index is 0. The third kappa shape index (κ3) is 5.16. The number of halogens is 2. The van der Waals surface area contributed by atoms with Crippen molar-refractivity contribution in [2.45, 2.75) is 38.6 Å². The molecule has 1 aliphatic rings. The van der Waals surface area contributed by atoms with E-state index in [9.17, 15) is 0 Å². The molecule has 0 spiro atoms. The van der Waals surface area contributed by atoms with E-state index < -0.39 is 0 Å². The number of aliphatic imine (C=N–C) groups is 1. The summed E-state index contributed by atoms with van der Waals surface area (Å²) >= 11 is 3.67. The van der Waals surface area contributed by atoms with Gasteiger partial charge in [0.05, 0.1) is 0 Å². The average molecular weight is 520 g/mol. The van der Waals surface area contributed by atoms with Crippen LogP contribution in [0.25, 0.3) is 0 Å². The van der Waals surface area contributed by atoms with E-state index in [0.717, 1.165) is 19.0 Å².